The molecule has 0 unspecified atom stereocenters. The molecule has 0 N–H and O–H groups in total. The number of hydrogen-bond acceptors (Lipinski definition) is 4. The lowest BCUT2D eigenvalue weighted by atomic mass is 10.1. The number of nitrogens with zero attached hydrogens (tertiary/aromatic N) is 5. The molecule has 2 heterocycles. The van der Waals surface area contributed by atoms with Crippen molar-refractivity contribution in [3.63, 3.8) is 0 Å². The average Bonchev–Trinajstić information content (AvgIpc) is 3.21. The van der Waals surface area contributed by atoms with Crippen LogP contribution >= 0.6 is 0 Å². The van der Waals surface area contributed by atoms with Crippen molar-refractivity contribution in [3.8, 4) is 0 Å². The second kappa shape index (κ2) is 5.67. The highest BCUT2D eigenvalue weighted by Gasteiger charge is 2.16. The summed E-state index contributed by atoms with van der Waals surface area (Å²) < 4.78 is 1.93. The number of aryl methyl sites for hydroxylation is 1. The van der Waals surface area contributed by atoms with Gasteiger partial charge in [-0.25, -0.2) is 9.67 Å². The van der Waals surface area contributed by atoms with Crippen molar-refractivity contribution in [3.05, 3.63) is 59.2 Å². The zero-order valence-corrected chi connectivity index (χ0v) is 14.1. The lowest BCUT2D eigenvalue weighted by molar-refractivity contribution is 0.530. The van der Waals surface area contributed by atoms with Crippen molar-refractivity contribution in [2.24, 2.45) is 9.98 Å². The van der Waals surface area contributed by atoms with Crippen LogP contribution in [-0.2, 0) is 0 Å². The van der Waals surface area contributed by atoms with E-state index >= 15 is 0 Å². The molecule has 5 heteroatoms. The topological polar surface area (TPSA) is 55.4 Å². The summed E-state index contributed by atoms with van der Waals surface area (Å²) in [5.41, 5.74) is 6.29. The molecular formula is C19H19N5. The average molecular weight is 317 g/mol. The molecule has 0 amide bonds. The van der Waals surface area contributed by atoms with Crippen LogP contribution in [-0.4, -0.2) is 33.1 Å². The quantitative estimate of drug-likeness (QED) is 0.741. The molecule has 3 aromatic rings. The third-order valence-electron chi connectivity index (χ3n) is 4.19. The van der Waals surface area contributed by atoms with Crippen LogP contribution < -0.4 is 0 Å². The van der Waals surface area contributed by atoms with E-state index in [-0.39, 0.29) is 6.04 Å². The first-order chi connectivity index (χ1) is 11.6. The van der Waals surface area contributed by atoms with Crippen LogP contribution in [0.25, 0.3) is 11.0 Å². The Balaban J connectivity index is 1.68. The van der Waals surface area contributed by atoms with Crippen LogP contribution in [0.4, 0.5) is 0 Å². The van der Waals surface area contributed by atoms with Crippen LogP contribution in [0.1, 0.15) is 36.6 Å². The minimum Gasteiger partial charge on any atom is -0.260 e. The van der Waals surface area contributed by atoms with Gasteiger partial charge in [0, 0.05) is 11.6 Å². The summed E-state index contributed by atoms with van der Waals surface area (Å²) in [6.45, 7) is 6.91. The number of hydrogen-bond donors (Lipinski definition) is 0. The Kier molecular flexibility index (Phi) is 3.49. The molecule has 0 fully saturated rings. The van der Waals surface area contributed by atoms with Crippen molar-refractivity contribution < 1.29 is 0 Å². The summed E-state index contributed by atoms with van der Waals surface area (Å²) >= 11 is 0. The Morgan fingerprint density at radius 2 is 1.92 bits per heavy atom. The fraction of sp³-hybridized carbons (Fsp3) is 0.263. The van der Waals surface area contributed by atoms with Gasteiger partial charge in [-0.3, -0.25) is 4.99 Å². The second-order valence-corrected chi connectivity index (χ2v) is 6.40. The highest BCUT2D eigenvalue weighted by molar-refractivity contribution is 6.17. The van der Waals surface area contributed by atoms with Gasteiger partial charge in [0.05, 0.1) is 17.8 Å². The molecule has 2 aromatic carbocycles. The van der Waals surface area contributed by atoms with Gasteiger partial charge in [-0.2, -0.15) is 0 Å². The number of fused-ring (bicyclic) bond motifs is 1. The van der Waals surface area contributed by atoms with Crippen molar-refractivity contribution in [2.45, 2.75) is 26.8 Å². The van der Waals surface area contributed by atoms with Gasteiger partial charge in [0.25, 0.3) is 0 Å². The maximum Gasteiger partial charge on any atom is 0.155 e. The van der Waals surface area contributed by atoms with Gasteiger partial charge in [0.2, 0.25) is 0 Å². The van der Waals surface area contributed by atoms with Crippen LogP contribution in [0.5, 0.6) is 0 Å². The molecule has 0 radical (unpaired) electrons. The Morgan fingerprint density at radius 3 is 2.71 bits per heavy atom. The first-order valence-corrected chi connectivity index (χ1v) is 8.16. The lowest BCUT2D eigenvalue weighted by Gasteiger charge is -2.05. The van der Waals surface area contributed by atoms with E-state index in [1.165, 1.54) is 5.56 Å². The maximum atomic E-state index is 4.73. The molecule has 0 bridgehead atoms. The Labute approximate surface area is 140 Å². The summed E-state index contributed by atoms with van der Waals surface area (Å²) in [6.07, 6.45) is 0. The SMILES string of the molecule is Cc1cccc(C2=NC(c3ccc4c(c3)nnn4C(C)C)=NC2)c1. The summed E-state index contributed by atoms with van der Waals surface area (Å²) in [7, 11) is 0. The van der Waals surface area contributed by atoms with E-state index < -0.39 is 0 Å². The van der Waals surface area contributed by atoms with Gasteiger partial charge in [0.15, 0.2) is 5.84 Å². The summed E-state index contributed by atoms with van der Waals surface area (Å²) in [6, 6.07) is 14.8. The molecule has 0 saturated carbocycles. The van der Waals surface area contributed by atoms with E-state index in [2.05, 4.69) is 60.3 Å². The zero-order chi connectivity index (χ0) is 16.7. The number of aromatic nitrogens is 3. The Bertz CT molecular complexity index is 978. The van der Waals surface area contributed by atoms with E-state index in [0.29, 0.717) is 6.54 Å². The van der Waals surface area contributed by atoms with Crippen LogP contribution in [0, 0.1) is 6.92 Å². The monoisotopic (exact) mass is 317 g/mol. The van der Waals surface area contributed by atoms with Crippen LogP contribution in [0.3, 0.4) is 0 Å². The third-order valence-corrected chi connectivity index (χ3v) is 4.19. The van der Waals surface area contributed by atoms with Gasteiger partial charge in [-0.15, -0.1) is 5.10 Å². The standard InChI is InChI=1S/C19H19N5/c1-12(2)24-18-8-7-15(10-16(18)22-23-24)19-20-11-17(21-19)14-6-4-5-13(3)9-14/h4-10,12H,11H2,1-3H3. The normalized spacial score (nSPS) is 14.3. The van der Waals surface area contributed by atoms with Gasteiger partial charge in [-0.1, -0.05) is 35.0 Å². The predicted molar refractivity (Wildman–Crippen MR) is 97.0 cm³/mol. The van der Waals surface area contributed by atoms with Gasteiger partial charge < -0.3 is 0 Å². The predicted octanol–water partition coefficient (Wildman–Crippen LogP) is 3.57. The summed E-state index contributed by atoms with van der Waals surface area (Å²) in [5, 5.41) is 8.50. The largest absolute Gasteiger partial charge is 0.260 e. The highest BCUT2D eigenvalue weighted by Crippen LogP contribution is 2.20. The van der Waals surface area contributed by atoms with Crippen molar-refractivity contribution in [1.29, 1.82) is 0 Å². The smallest absolute Gasteiger partial charge is 0.155 e. The first-order valence-electron chi connectivity index (χ1n) is 8.16. The highest BCUT2D eigenvalue weighted by atomic mass is 15.4. The van der Waals surface area contributed by atoms with E-state index in [9.17, 15) is 0 Å². The van der Waals surface area contributed by atoms with Crippen molar-refractivity contribution in [2.75, 3.05) is 6.54 Å². The molecule has 0 atom stereocenters. The zero-order valence-electron chi connectivity index (χ0n) is 14.1. The molecule has 120 valence electrons. The van der Waals surface area contributed by atoms with Crippen molar-refractivity contribution in [1.82, 2.24) is 15.0 Å². The van der Waals surface area contributed by atoms with Crippen molar-refractivity contribution >= 4 is 22.6 Å². The molecular weight excluding hydrogens is 298 g/mol. The second-order valence-electron chi connectivity index (χ2n) is 6.40. The molecule has 1 aliphatic heterocycles. The third kappa shape index (κ3) is 2.52. The first kappa shape index (κ1) is 14.8. The molecule has 4 rings (SSSR count). The summed E-state index contributed by atoms with van der Waals surface area (Å²) in [4.78, 5) is 9.33. The Hall–Kier alpha value is -2.82. The van der Waals surface area contributed by atoms with Crippen LogP contribution in [0.15, 0.2) is 52.4 Å². The Morgan fingerprint density at radius 1 is 1.04 bits per heavy atom. The van der Waals surface area contributed by atoms with E-state index in [1.807, 2.05) is 22.9 Å². The minimum atomic E-state index is 0.288. The maximum absolute atomic E-state index is 4.73. The van der Waals surface area contributed by atoms with Crippen LogP contribution in [0.2, 0.25) is 0 Å². The molecule has 1 aromatic heterocycles. The number of rotatable bonds is 3. The van der Waals surface area contributed by atoms with Gasteiger partial charge >= 0.3 is 0 Å². The molecule has 5 nitrogen and oxygen atoms in total. The fourth-order valence-electron chi connectivity index (χ4n) is 2.95. The minimum absolute atomic E-state index is 0.288. The molecule has 0 aliphatic carbocycles. The molecule has 0 spiro atoms. The molecule has 1 aliphatic rings. The number of aliphatic imine (C=N–C) groups is 2. The van der Waals surface area contributed by atoms with E-state index in [4.69, 9.17) is 4.99 Å². The number of amidine groups is 1. The van der Waals surface area contributed by atoms with Gasteiger partial charge in [0.1, 0.15) is 5.52 Å². The van der Waals surface area contributed by atoms with E-state index in [0.717, 1.165) is 33.7 Å². The lowest BCUT2D eigenvalue weighted by Crippen LogP contribution is -2.03. The summed E-state index contributed by atoms with van der Waals surface area (Å²) in [5.74, 6) is 0.771. The van der Waals surface area contributed by atoms with Gasteiger partial charge in [-0.05, 0) is 44.5 Å². The molecule has 0 saturated heterocycles. The molecule has 24 heavy (non-hydrogen) atoms. The number of benzene rings is 2. The van der Waals surface area contributed by atoms with E-state index in [1.54, 1.807) is 0 Å². The fourth-order valence-corrected chi connectivity index (χ4v) is 2.95.